The highest BCUT2D eigenvalue weighted by molar-refractivity contribution is 6.04. The molecular weight excluding hydrogens is 448 g/mol. The van der Waals surface area contributed by atoms with E-state index >= 15 is 0 Å². The zero-order valence-corrected chi connectivity index (χ0v) is 20.2. The highest BCUT2D eigenvalue weighted by Gasteiger charge is 2.42. The third-order valence-corrected chi connectivity index (χ3v) is 6.38. The molecule has 1 heterocycles. The van der Waals surface area contributed by atoms with Crippen LogP contribution >= 0.6 is 0 Å². The second-order valence-electron chi connectivity index (χ2n) is 9.07. The number of rotatable bonds is 6. The predicted octanol–water partition coefficient (Wildman–Crippen LogP) is 4.92. The van der Waals surface area contributed by atoms with E-state index in [9.17, 15) is 19.7 Å². The number of ketones is 1. The number of nitro benzene ring substituents is 1. The van der Waals surface area contributed by atoms with E-state index in [0.29, 0.717) is 40.3 Å². The Balaban J connectivity index is 1.83. The summed E-state index contributed by atoms with van der Waals surface area (Å²) in [6.07, 6.45) is 0.412. The van der Waals surface area contributed by atoms with Crippen molar-refractivity contribution in [1.82, 2.24) is 5.32 Å². The van der Waals surface area contributed by atoms with Crippen LogP contribution in [0.15, 0.2) is 71.1 Å². The van der Waals surface area contributed by atoms with Crippen LogP contribution in [0.1, 0.15) is 56.6 Å². The summed E-state index contributed by atoms with van der Waals surface area (Å²) in [5.74, 6) is -0.814. The lowest BCUT2D eigenvalue weighted by molar-refractivity contribution is -0.384. The first-order chi connectivity index (χ1) is 16.7. The maximum Gasteiger partial charge on any atom is 0.337 e. The number of carbonyl (C=O) groups is 2. The van der Waals surface area contributed by atoms with Crippen molar-refractivity contribution in [1.29, 1.82) is 0 Å². The third-order valence-electron chi connectivity index (χ3n) is 6.38. The summed E-state index contributed by atoms with van der Waals surface area (Å²) < 4.78 is 11.0. The Hall–Kier alpha value is -3.94. The number of para-hydroxylation sites is 1. The highest BCUT2D eigenvalue weighted by Crippen LogP contribution is 2.47. The molecule has 8 nitrogen and oxygen atoms in total. The van der Waals surface area contributed by atoms with Gasteiger partial charge in [-0.05, 0) is 44.4 Å². The normalized spacial score (nSPS) is 19.9. The molecule has 35 heavy (non-hydrogen) atoms. The minimum Gasteiger partial charge on any atom is -0.496 e. The van der Waals surface area contributed by atoms with Crippen LogP contribution in [0.5, 0.6) is 5.75 Å². The summed E-state index contributed by atoms with van der Waals surface area (Å²) in [6, 6.07) is 13.7. The average molecular weight is 477 g/mol. The molecule has 0 aromatic heterocycles. The first-order valence-corrected chi connectivity index (χ1v) is 11.5. The Morgan fingerprint density at radius 2 is 1.89 bits per heavy atom. The van der Waals surface area contributed by atoms with Gasteiger partial charge < -0.3 is 14.8 Å². The van der Waals surface area contributed by atoms with Gasteiger partial charge in [-0.25, -0.2) is 4.79 Å². The molecule has 0 saturated heterocycles. The van der Waals surface area contributed by atoms with Crippen LogP contribution in [0.25, 0.3) is 0 Å². The number of carbonyl (C=O) groups excluding carboxylic acids is 2. The van der Waals surface area contributed by atoms with E-state index in [-0.39, 0.29) is 29.9 Å². The first kappa shape index (κ1) is 24.2. The summed E-state index contributed by atoms with van der Waals surface area (Å²) in [5.41, 5.74) is 3.38. The van der Waals surface area contributed by atoms with Gasteiger partial charge in [0.25, 0.3) is 5.69 Å². The number of methoxy groups -OCH3 is 1. The molecule has 0 spiro atoms. The smallest absolute Gasteiger partial charge is 0.337 e. The Bertz CT molecular complexity index is 1260. The van der Waals surface area contributed by atoms with Gasteiger partial charge in [0.15, 0.2) is 5.78 Å². The number of nitrogens with one attached hydrogen (secondary N) is 1. The van der Waals surface area contributed by atoms with Gasteiger partial charge in [0.1, 0.15) is 5.75 Å². The fourth-order valence-corrected chi connectivity index (χ4v) is 4.96. The summed E-state index contributed by atoms with van der Waals surface area (Å²) in [4.78, 5) is 37.8. The molecule has 2 aromatic carbocycles. The van der Waals surface area contributed by atoms with E-state index in [1.807, 2.05) is 24.3 Å². The Kier molecular flexibility index (Phi) is 6.73. The highest BCUT2D eigenvalue weighted by atomic mass is 16.6. The number of benzene rings is 2. The van der Waals surface area contributed by atoms with Gasteiger partial charge in [-0.3, -0.25) is 14.9 Å². The topological polar surface area (TPSA) is 108 Å². The molecule has 2 atom stereocenters. The average Bonchev–Trinajstić information content (AvgIpc) is 2.82. The van der Waals surface area contributed by atoms with Crippen molar-refractivity contribution in [3.63, 3.8) is 0 Å². The second-order valence-corrected chi connectivity index (χ2v) is 9.07. The van der Waals surface area contributed by atoms with Gasteiger partial charge in [-0.15, -0.1) is 0 Å². The van der Waals surface area contributed by atoms with Gasteiger partial charge in [0.05, 0.1) is 23.7 Å². The van der Waals surface area contributed by atoms with E-state index in [1.54, 1.807) is 40.0 Å². The van der Waals surface area contributed by atoms with E-state index in [0.717, 1.165) is 5.56 Å². The fraction of sp³-hybridized carbons (Fsp3) is 0.333. The largest absolute Gasteiger partial charge is 0.496 e. The summed E-state index contributed by atoms with van der Waals surface area (Å²) in [5, 5.41) is 14.8. The van der Waals surface area contributed by atoms with Crippen molar-refractivity contribution in [3.05, 3.63) is 92.3 Å². The standard InChI is InChI=1S/C27H28N2O6/c1-15(2)35-27(31)24-16(3)28-21-13-18(20-10-5-6-11-23(20)34-4)14-22(30)26(21)25(24)17-8-7-9-19(12-17)29(32)33/h5-12,15,18,25,28H,13-14H2,1-4H3/t18-,25-/m0/s1. The molecule has 1 aliphatic heterocycles. The van der Waals surface area contributed by atoms with Crippen LogP contribution in [-0.2, 0) is 14.3 Å². The molecule has 8 heteroatoms. The van der Waals surface area contributed by atoms with Crippen molar-refractivity contribution in [2.24, 2.45) is 0 Å². The Morgan fingerprint density at radius 3 is 2.57 bits per heavy atom. The maximum absolute atomic E-state index is 13.7. The predicted molar refractivity (Wildman–Crippen MR) is 130 cm³/mol. The fourth-order valence-electron chi connectivity index (χ4n) is 4.96. The van der Waals surface area contributed by atoms with Gasteiger partial charge >= 0.3 is 5.97 Å². The number of hydrogen-bond donors (Lipinski definition) is 1. The summed E-state index contributed by atoms with van der Waals surface area (Å²) in [7, 11) is 1.60. The lowest BCUT2D eigenvalue weighted by Gasteiger charge is -2.37. The summed E-state index contributed by atoms with van der Waals surface area (Å²) >= 11 is 0. The molecule has 2 aliphatic rings. The van der Waals surface area contributed by atoms with Crippen molar-refractivity contribution < 1.29 is 24.0 Å². The monoisotopic (exact) mass is 476 g/mol. The number of ether oxygens (including phenoxy) is 2. The minimum absolute atomic E-state index is 0.104. The second kappa shape index (κ2) is 9.74. The molecular formula is C27H28N2O6. The van der Waals surface area contributed by atoms with Crippen LogP contribution < -0.4 is 10.1 Å². The number of non-ortho nitro benzene ring substituents is 1. The van der Waals surface area contributed by atoms with Gasteiger partial charge in [0.2, 0.25) is 0 Å². The number of nitro groups is 1. The number of dihydropyridines is 1. The lowest BCUT2D eigenvalue weighted by Crippen LogP contribution is -2.36. The maximum atomic E-state index is 13.7. The van der Waals surface area contributed by atoms with Crippen LogP contribution in [0.4, 0.5) is 5.69 Å². The van der Waals surface area contributed by atoms with Crippen LogP contribution in [0.3, 0.4) is 0 Å². The first-order valence-electron chi connectivity index (χ1n) is 11.5. The number of Topliss-reactive ketones (excluding diaryl/α,β-unsaturated/α-hetero) is 1. The molecule has 0 bridgehead atoms. The van der Waals surface area contributed by atoms with E-state index < -0.39 is 16.8 Å². The number of hydrogen-bond acceptors (Lipinski definition) is 7. The van der Waals surface area contributed by atoms with Crippen molar-refractivity contribution in [2.75, 3.05) is 7.11 Å². The SMILES string of the molecule is COc1ccccc1[C@@H]1CC(=O)C2=C(C1)NC(C)=C(C(=O)OC(C)C)[C@@H]2c1cccc([N+](=O)[O-])c1. The van der Waals surface area contributed by atoms with Crippen LogP contribution in [0.2, 0.25) is 0 Å². The Labute approximate surface area is 203 Å². The van der Waals surface area contributed by atoms with E-state index in [2.05, 4.69) is 5.32 Å². The molecule has 182 valence electrons. The Morgan fingerprint density at radius 1 is 1.14 bits per heavy atom. The van der Waals surface area contributed by atoms with Crippen LogP contribution in [-0.4, -0.2) is 29.9 Å². The quantitative estimate of drug-likeness (QED) is 0.358. The number of allylic oxidation sites excluding steroid dienone is 3. The van der Waals surface area contributed by atoms with Gasteiger partial charge in [-0.2, -0.15) is 0 Å². The van der Waals surface area contributed by atoms with Crippen molar-refractivity contribution in [3.8, 4) is 5.75 Å². The number of esters is 1. The van der Waals surface area contributed by atoms with Gasteiger partial charge in [-0.1, -0.05) is 30.3 Å². The molecule has 2 aromatic rings. The lowest BCUT2D eigenvalue weighted by atomic mass is 9.71. The van der Waals surface area contributed by atoms with Crippen LogP contribution in [0, 0.1) is 10.1 Å². The molecule has 1 aliphatic carbocycles. The minimum atomic E-state index is -0.761. The molecule has 0 radical (unpaired) electrons. The van der Waals surface area contributed by atoms with Gasteiger partial charge in [0, 0.05) is 47.4 Å². The van der Waals surface area contributed by atoms with E-state index in [4.69, 9.17) is 9.47 Å². The zero-order chi connectivity index (χ0) is 25.3. The molecule has 4 rings (SSSR count). The molecule has 0 unspecified atom stereocenters. The molecule has 0 fully saturated rings. The molecule has 0 amide bonds. The molecule has 1 N–H and O–H groups in total. The zero-order valence-electron chi connectivity index (χ0n) is 20.2. The summed E-state index contributed by atoms with van der Waals surface area (Å²) in [6.45, 7) is 5.27. The van der Waals surface area contributed by atoms with Crippen molar-refractivity contribution >= 4 is 17.4 Å². The molecule has 0 saturated carbocycles. The number of nitrogens with zero attached hydrogens (tertiary/aromatic N) is 1. The van der Waals surface area contributed by atoms with Crippen molar-refractivity contribution in [2.45, 2.75) is 51.6 Å². The third kappa shape index (κ3) is 4.69. The van der Waals surface area contributed by atoms with E-state index in [1.165, 1.54) is 12.1 Å².